The first-order valence-corrected chi connectivity index (χ1v) is 7.54. The molecule has 1 aromatic carbocycles. The highest BCUT2D eigenvalue weighted by molar-refractivity contribution is 5.82. The van der Waals surface area contributed by atoms with Crippen LogP contribution in [0.5, 0.6) is 0 Å². The number of nitrogens with two attached hydrogens (primary N) is 1. The minimum atomic E-state index is 0.190. The molecule has 3 N–H and O–H groups in total. The summed E-state index contributed by atoms with van der Waals surface area (Å²) in [7, 11) is 0. The van der Waals surface area contributed by atoms with Crippen molar-refractivity contribution in [2.24, 2.45) is 11.3 Å². The van der Waals surface area contributed by atoms with Crippen molar-refractivity contribution in [3.05, 3.63) is 42.1 Å². The van der Waals surface area contributed by atoms with Gasteiger partial charge in [0.1, 0.15) is 0 Å². The number of hydrazine groups is 1. The third-order valence-electron chi connectivity index (χ3n) is 4.85. The molecule has 1 saturated carbocycles. The number of nitrogens with zero attached hydrogens (tertiary/aromatic N) is 1. The number of benzene rings is 1. The van der Waals surface area contributed by atoms with E-state index in [4.69, 9.17) is 5.84 Å². The van der Waals surface area contributed by atoms with Crippen LogP contribution in [-0.4, -0.2) is 4.98 Å². The molecule has 1 aliphatic carbocycles. The van der Waals surface area contributed by atoms with Crippen LogP contribution in [0.15, 0.2) is 36.5 Å². The van der Waals surface area contributed by atoms with Gasteiger partial charge in [0, 0.05) is 11.6 Å². The van der Waals surface area contributed by atoms with E-state index in [2.05, 4.69) is 41.6 Å². The summed E-state index contributed by atoms with van der Waals surface area (Å²) >= 11 is 0. The molecule has 1 aliphatic rings. The molecular weight excluding hydrogens is 246 g/mol. The van der Waals surface area contributed by atoms with E-state index in [0.717, 1.165) is 5.52 Å². The lowest BCUT2D eigenvalue weighted by Crippen LogP contribution is -2.41. The molecule has 0 spiro atoms. The topological polar surface area (TPSA) is 50.9 Å². The fraction of sp³-hybridized carbons (Fsp3) is 0.471. The van der Waals surface area contributed by atoms with Gasteiger partial charge in [0.2, 0.25) is 0 Å². The fourth-order valence-corrected chi connectivity index (χ4v) is 3.69. The van der Waals surface area contributed by atoms with Crippen LogP contribution in [0.1, 0.15) is 50.6 Å². The minimum absolute atomic E-state index is 0.190. The summed E-state index contributed by atoms with van der Waals surface area (Å²) < 4.78 is 0. The number of fused-ring (bicyclic) bond motifs is 1. The van der Waals surface area contributed by atoms with Gasteiger partial charge in [0.15, 0.2) is 0 Å². The van der Waals surface area contributed by atoms with E-state index in [1.54, 1.807) is 0 Å². The monoisotopic (exact) mass is 269 g/mol. The molecule has 1 atom stereocenters. The third kappa shape index (κ3) is 2.32. The lowest BCUT2D eigenvalue weighted by atomic mass is 9.68. The molecule has 3 heteroatoms. The van der Waals surface area contributed by atoms with Gasteiger partial charge < -0.3 is 0 Å². The van der Waals surface area contributed by atoms with Crippen molar-refractivity contribution in [3.63, 3.8) is 0 Å². The lowest BCUT2D eigenvalue weighted by Gasteiger charge is -2.41. The van der Waals surface area contributed by atoms with Crippen molar-refractivity contribution < 1.29 is 0 Å². The van der Waals surface area contributed by atoms with Crippen molar-refractivity contribution in [1.82, 2.24) is 10.4 Å². The molecule has 3 nitrogen and oxygen atoms in total. The van der Waals surface area contributed by atoms with E-state index in [9.17, 15) is 0 Å². The van der Waals surface area contributed by atoms with Crippen molar-refractivity contribution in [1.29, 1.82) is 0 Å². The number of hydrogen-bond acceptors (Lipinski definition) is 3. The van der Waals surface area contributed by atoms with E-state index in [1.165, 1.54) is 43.1 Å². The summed E-state index contributed by atoms with van der Waals surface area (Å²) in [6.07, 6.45) is 8.27. The van der Waals surface area contributed by atoms with Crippen LogP contribution in [-0.2, 0) is 0 Å². The Morgan fingerprint density at radius 2 is 1.95 bits per heavy atom. The van der Waals surface area contributed by atoms with Gasteiger partial charge in [-0.3, -0.25) is 16.3 Å². The highest BCUT2D eigenvalue weighted by atomic mass is 15.2. The molecule has 1 unspecified atom stereocenters. The van der Waals surface area contributed by atoms with E-state index < -0.39 is 0 Å². The average Bonchev–Trinajstić information content (AvgIpc) is 2.49. The van der Waals surface area contributed by atoms with Crippen molar-refractivity contribution in [2.75, 3.05) is 0 Å². The summed E-state index contributed by atoms with van der Waals surface area (Å²) in [5.41, 5.74) is 5.65. The number of rotatable bonds is 3. The largest absolute Gasteiger partial charge is 0.271 e. The molecule has 1 aromatic heterocycles. The predicted octanol–water partition coefficient (Wildman–Crippen LogP) is 3.71. The molecule has 106 valence electrons. The van der Waals surface area contributed by atoms with Gasteiger partial charge in [0.25, 0.3) is 0 Å². The summed E-state index contributed by atoms with van der Waals surface area (Å²) in [5, 5.41) is 1.21. The Bertz CT molecular complexity index is 582. The number of pyridine rings is 1. The van der Waals surface area contributed by atoms with Crippen molar-refractivity contribution in [3.8, 4) is 0 Å². The van der Waals surface area contributed by atoms with Gasteiger partial charge in [-0.1, -0.05) is 44.4 Å². The predicted molar refractivity (Wildman–Crippen MR) is 83.0 cm³/mol. The average molecular weight is 269 g/mol. The van der Waals surface area contributed by atoms with Crippen LogP contribution >= 0.6 is 0 Å². The van der Waals surface area contributed by atoms with Crippen molar-refractivity contribution in [2.45, 2.75) is 45.1 Å². The first-order valence-electron chi connectivity index (χ1n) is 7.54. The van der Waals surface area contributed by atoms with Gasteiger partial charge in [-0.15, -0.1) is 0 Å². The second-order valence-electron chi connectivity index (χ2n) is 6.23. The molecule has 0 aliphatic heterocycles. The lowest BCUT2D eigenvalue weighted by molar-refractivity contribution is 0.146. The molecule has 0 radical (unpaired) electrons. The fourth-order valence-electron chi connectivity index (χ4n) is 3.69. The zero-order chi connectivity index (χ0) is 14.0. The number of aromatic nitrogens is 1. The third-order valence-corrected chi connectivity index (χ3v) is 4.85. The first-order chi connectivity index (χ1) is 9.74. The Hall–Kier alpha value is -1.45. The Morgan fingerprint density at radius 3 is 2.70 bits per heavy atom. The zero-order valence-corrected chi connectivity index (χ0v) is 12.1. The summed E-state index contributed by atoms with van der Waals surface area (Å²) in [4.78, 5) is 4.46. The molecule has 3 rings (SSSR count). The maximum atomic E-state index is 5.94. The maximum Gasteiger partial charge on any atom is 0.0705 e. The first kappa shape index (κ1) is 13.5. The Labute approximate surface area is 120 Å². The van der Waals surface area contributed by atoms with Crippen LogP contribution in [0.3, 0.4) is 0 Å². The van der Waals surface area contributed by atoms with Gasteiger partial charge in [-0.25, -0.2) is 0 Å². The Balaban J connectivity index is 2.07. The van der Waals surface area contributed by atoms with Crippen LogP contribution in [0.2, 0.25) is 0 Å². The smallest absolute Gasteiger partial charge is 0.0705 e. The van der Waals surface area contributed by atoms with Crippen LogP contribution in [0.4, 0.5) is 0 Å². The molecule has 0 saturated heterocycles. The highest BCUT2D eigenvalue weighted by Crippen LogP contribution is 2.46. The van der Waals surface area contributed by atoms with Gasteiger partial charge in [-0.05, 0) is 36.0 Å². The molecule has 2 aromatic rings. The van der Waals surface area contributed by atoms with Crippen LogP contribution in [0.25, 0.3) is 10.9 Å². The number of nitrogens with one attached hydrogen (secondary N) is 1. The second-order valence-corrected chi connectivity index (χ2v) is 6.23. The summed E-state index contributed by atoms with van der Waals surface area (Å²) in [6.45, 7) is 2.37. The molecule has 0 amide bonds. The normalized spacial score (nSPS) is 19.9. The van der Waals surface area contributed by atoms with Gasteiger partial charge in [0.05, 0.1) is 11.6 Å². The number of hydrogen-bond donors (Lipinski definition) is 2. The van der Waals surface area contributed by atoms with Crippen LogP contribution in [0, 0.1) is 5.41 Å². The standard InChI is InChI=1S/C17H23N3/c1-17(10-3-2-4-11-17)16(20-18)14-7-5-9-15-13(14)8-6-12-19-15/h5-9,12,16,20H,2-4,10-11,18H2,1H3. The quantitative estimate of drug-likeness (QED) is 0.659. The van der Waals surface area contributed by atoms with E-state index in [-0.39, 0.29) is 11.5 Å². The van der Waals surface area contributed by atoms with E-state index >= 15 is 0 Å². The molecule has 20 heavy (non-hydrogen) atoms. The van der Waals surface area contributed by atoms with Crippen molar-refractivity contribution >= 4 is 10.9 Å². The summed E-state index contributed by atoms with van der Waals surface area (Å²) in [6, 6.07) is 10.7. The minimum Gasteiger partial charge on any atom is -0.271 e. The van der Waals surface area contributed by atoms with E-state index in [0.29, 0.717) is 0 Å². The Kier molecular flexibility index (Phi) is 3.72. The van der Waals surface area contributed by atoms with Gasteiger partial charge in [-0.2, -0.15) is 0 Å². The molecule has 1 fully saturated rings. The van der Waals surface area contributed by atoms with Crippen LogP contribution < -0.4 is 11.3 Å². The zero-order valence-electron chi connectivity index (χ0n) is 12.1. The second kappa shape index (κ2) is 5.51. The molecule has 1 heterocycles. The van der Waals surface area contributed by atoms with Gasteiger partial charge >= 0.3 is 0 Å². The SMILES string of the molecule is CC1(C(NN)c2cccc3ncccc23)CCCCC1. The summed E-state index contributed by atoms with van der Waals surface area (Å²) in [5.74, 6) is 5.94. The Morgan fingerprint density at radius 1 is 1.15 bits per heavy atom. The highest BCUT2D eigenvalue weighted by Gasteiger charge is 2.36. The van der Waals surface area contributed by atoms with E-state index in [1.807, 2.05) is 12.3 Å². The molecule has 0 bridgehead atoms. The molecular formula is C17H23N3. The maximum absolute atomic E-state index is 5.94.